The second kappa shape index (κ2) is 11.3. The maximum absolute atomic E-state index is 15.0. The van der Waals surface area contributed by atoms with Gasteiger partial charge in [-0.3, -0.25) is 15.6 Å². The monoisotopic (exact) mass is 599 g/mol. The molecule has 3 rings (SSSR count). The van der Waals surface area contributed by atoms with Gasteiger partial charge in [-0.25, -0.2) is 4.39 Å². The van der Waals surface area contributed by atoms with E-state index in [-0.39, 0.29) is 38.6 Å². The molecule has 0 saturated carbocycles. The molecule has 0 aliphatic rings. The Labute approximate surface area is 226 Å². The number of halogens is 10. The van der Waals surface area contributed by atoms with E-state index in [1.807, 2.05) is 5.43 Å². The number of carbonyl (C=O) groups is 1. The maximum atomic E-state index is 15.0. The number of hydrogen-bond acceptors (Lipinski definition) is 3. The number of allylic oxidation sites excluding steroid dienone is 1. The second-order valence-corrected chi connectivity index (χ2v) is 8.95. The van der Waals surface area contributed by atoms with Gasteiger partial charge in [-0.05, 0) is 48.0 Å². The smallest absolute Gasteiger partial charge is 0.397 e. The first kappa shape index (κ1) is 29.4. The third kappa shape index (κ3) is 6.83. The number of nitrogens with one attached hydrogen (secondary N) is 2. The number of hydrazine groups is 1. The van der Waals surface area contributed by atoms with Crippen molar-refractivity contribution in [3.05, 3.63) is 98.0 Å². The Morgan fingerprint density at radius 1 is 0.921 bits per heavy atom. The van der Waals surface area contributed by atoms with Crippen molar-refractivity contribution in [1.29, 1.82) is 0 Å². The third-order valence-electron chi connectivity index (χ3n) is 5.15. The van der Waals surface area contributed by atoms with Crippen LogP contribution in [0.15, 0.2) is 60.7 Å². The Bertz CT molecular complexity index is 1370. The molecule has 0 heterocycles. The van der Waals surface area contributed by atoms with Crippen LogP contribution in [0.4, 0.5) is 42.1 Å². The van der Waals surface area contributed by atoms with Crippen molar-refractivity contribution in [1.82, 2.24) is 5.43 Å². The van der Waals surface area contributed by atoms with Crippen LogP contribution in [-0.2, 0) is 6.18 Å². The molecule has 0 spiro atoms. The van der Waals surface area contributed by atoms with Gasteiger partial charge in [-0.15, -0.1) is 0 Å². The van der Waals surface area contributed by atoms with Gasteiger partial charge < -0.3 is 5.73 Å². The average Bonchev–Trinajstić information content (AvgIpc) is 2.83. The minimum atomic E-state index is -5.16. The fraction of sp³-hybridized carbons (Fsp3) is 0.125. The Morgan fingerprint density at radius 2 is 1.53 bits per heavy atom. The lowest BCUT2D eigenvalue weighted by Crippen LogP contribution is -2.31. The van der Waals surface area contributed by atoms with Crippen LogP contribution in [0.2, 0.25) is 15.1 Å². The first-order chi connectivity index (χ1) is 17.6. The summed E-state index contributed by atoms with van der Waals surface area (Å²) < 4.78 is 97.5. The van der Waals surface area contributed by atoms with Crippen LogP contribution < -0.4 is 16.6 Å². The van der Waals surface area contributed by atoms with E-state index >= 15 is 0 Å². The van der Waals surface area contributed by atoms with Gasteiger partial charge in [0, 0.05) is 5.56 Å². The van der Waals surface area contributed by atoms with Crippen molar-refractivity contribution in [2.45, 2.75) is 18.3 Å². The van der Waals surface area contributed by atoms with Crippen LogP contribution in [0, 0.1) is 0 Å². The molecule has 3 aromatic carbocycles. The summed E-state index contributed by atoms with van der Waals surface area (Å²) in [5, 5.41) is -0.897. The Morgan fingerprint density at radius 3 is 2.08 bits per heavy atom. The van der Waals surface area contributed by atoms with Gasteiger partial charge in [0.25, 0.3) is 5.91 Å². The van der Waals surface area contributed by atoms with E-state index in [2.05, 4.69) is 5.43 Å². The molecule has 38 heavy (non-hydrogen) atoms. The summed E-state index contributed by atoms with van der Waals surface area (Å²) in [6.07, 6.45) is -10.2. The fourth-order valence-corrected chi connectivity index (χ4v) is 3.92. The molecule has 202 valence electrons. The third-order valence-corrected chi connectivity index (χ3v) is 6.34. The molecule has 0 radical (unpaired) electrons. The number of para-hydroxylation sites is 2. The number of hydrogen-bond donors (Lipinski definition) is 3. The highest BCUT2D eigenvalue weighted by atomic mass is 35.5. The van der Waals surface area contributed by atoms with E-state index in [9.17, 15) is 35.5 Å². The van der Waals surface area contributed by atoms with Gasteiger partial charge in [0.15, 0.2) is 0 Å². The van der Waals surface area contributed by atoms with Gasteiger partial charge >= 0.3 is 12.4 Å². The first-order valence-electron chi connectivity index (χ1n) is 10.3. The van der Waals surface area contributed by atoms with E-state index in [1.54, 1.807) is 12.1 Å². The van der Waals surface area contributed by atoms with Crippen molar-refractivity contribution in [3.8, 4) is 0 Å². The fourth-order valence-electron chi connectivity index (χ4n) is 3.30. The Kier molecular flexibility index (Phi) is 8.75. The van der Waals surface area contributed by atoms with Crippen molar-refractivity contribution >= 4 is 57.9 Å². The van der Waals surface area contributed by atoms with Crippen molar-refractivity contribution in [2.24, 2.45) is 0 Å². The lowest BCUT2D eigenvalue weighted by atomic mass is 9.95. The van der Waals surface area contributed by atoms with E-state index in [0.29, 0.717) is 6.07 Å². The van der Waals surface area contributed by atoms with Crippen LogP contribution in [-0.4, -0.2) is 12.1 Å². The van der Waals surface area contributed by atoms with Crippen LogP contribution in [0.25, 0.3) is 5.83 Å². The van der Waals surface area contributed by atoms with Crippen LogP contribution in [0.1, 0.15) is 33.0 Å². The lowest BCUT2D eigenvalue weighted by Gasteiger charge is -2.19. The summed E-state index contributed by atoms with van der Waals surface area (Å²) in [5.74, 6) is -5.52. The maximum Gasteiger partial charge on any atom is 0.417 e. The lowest BCUT2D eigenvalue weighted by molar-refractivity contribution is -0.140. The predicted molar refractivity (Wildman–Crippen MR) is 133 cm³/mol. The molecule has 1 atom stereocenters. The molecule has 4 N–H and O–H groups in total. The first-order valence-corrected chi connectivity index (χ1v) is 11.4. The summed E-state index contributed by atoms with van der Waals surface area (Å²) >= 11 is 17.3. The number of carbonyl (C=O) groups excluding carboxylic acids is 1. The quantitative estimate of drug-likeness (QED) is 0.115. The number of nitrogen functional groups attached to an aromatic ring is 1. The zero-order valence-corrected chi connectivity index (χ0v) is 20.9. The number of amides is 1. The molecule has 0 aliphatic heterocycles. The molecule has 4 nitrogen and oxygen atoms in total. The zero-order chi connectivity index (χ0) is 28.4. The van der Waals surface area contributed by atoms with Gasteiger partial charge in [-0.2, -0.15) is 26.3 Å². The van der Waals surface area contributed by atoms with Crippen LogP contribution >= 0.6 is 34.8 Å². The van der Waals surface area contributed by atoms with Crippen molar-refractivity contribution in [3.63, 3.8) is 0 Å². The van der Waals surface area contributed by atoms with E-state index in [1.165, 1.54) is 12.1 Å². The molecule has 0 aliphatic carbocycles. The van der Waals surface area contributed by atoms with Crippen LogP contribution in [0.3, 0.4) is 0 Å². The molecule has 1 unspecified atom stereocenters. The molecule has 1 amide bonds. The van der Waals surface area contributed by atoms with Gasteiger partial charge in [0.05, 0.1) is 37.6 Å². The molecular formula is C24H15Cl3F7N3O. The molecule has 0 saturated heterocycles. The molecule has 0 aromatic heterocycles. The molecule has 0 fully saturated rings. The molecule has 14 heteroatoms. The number of rotatable bonds is 6. The topological polar surface area (TPSA) is 67.2 Å². The minimum Gasteiger partial charge on any atom is -0.397 e. The SMILES string of the molecule is Nc1ccccc1NNC(=O)c1ccc(/C(F)=C/C(c2cc(Cl)c(Cl)c(Cl)c2)C(F)(F)F)cc1C(F)(F)F. The summed E-state index contributed by atoms with van der Waals surface area (Å²) in [7, 11) is 0. The Balaban J connectivity index is 1.99. The number of alkyl halides is 6. The molecule has 0 bridgehead atoms. The summed E-state index contributed by atoms with van der Waals surface area (Å²) in [6.45, 7) is 0. The van der Waals surface area contributed by atoms with Gasteiger partial charge in [0.1, 0.15) is 11.7 Å². The summed E-state index contributed by atoms with van der Waals surface area (Å²) in [5.41, 5.74) is 6.54. The zero-order valence-electron chi connectivity index (χ0n) is 18.6. The average molecular weight is 601 g/mol. The number of nitrogens with two attached hydrogens (primary N) is 1. The van der Waals surface area contributed by atoms with E-state index in [4.69, 9.17) is 40.5 Å². The van der Waals surface area contributed by atoms with E-state index in [0.717, 1.165) is 18.2 Å². The predicted octanol–water partition coefficient (Wildman–Crippen LogP) is 8.66. The molecule has 3 aromatic rings. The second-order valence-electron chi connectivity index (χ2n) is 7.76. The molecular weight excluding hydrogens is 586 g/mol. The number of anilines is 2. The van der Waals surface area contributed by atoms with Gasteiger partial charge in [0.2, 0.25) is 0 Å². The highest BCUT2D eigenvalue weighted by Crippen LogP contribution is 2.42. The summed E-state index contributed by atoms with van der Waals surface area (Å²) in [6, 6.07) is 9.30. The number of benzene rings is 3. The van der Waals surface area contributed by atoms with Crippen LogP contribution in [0.5, 0.6) is 0 Å². The van der Waals surface area contributed by atoms with Crippen molar-refractivity contribution < 1.29 is 35.5 Å². The highest BCUT2D eigenvalue weighted by molar-refractivity contribution is 6.48. The van der Waals surface area contributed by atoms with Gasteiger partial charge in [-0.1, -0.05) is 53.0 Å². The largest absolute Gasteiger partial charge is 0.417 e. The van der Waals surface area contributed by atoms with Crippen molar-refractivity contribution in [2.75, 3.05) is 11.2 Å². The Hall–Kier alpha value is -3.15. The standard InChI is InChI=1S/C24H15Cl3F7N3O/c25-16-8-12(9-17(26)21(16)27)14(23(29,30)31)10-18(28)11-5-6-13(15(7-11)24(32,33)34)22(38)37-36-20-4-2-1-3-19(20)35/h1-10,14,36H,35H2,(H,37,38)/b18-10-. The van der Waals surface area contributed by atoms with E-state index < -0.39 is 52.3 Å². The highest BCUT2D eigenvalue weighted by Gasteiger charge is 2.41. The summed E-state index contributed by atoms with van der Waals surface area (Å²) in [4.78, 5) is 12.5. The normalized spacial score (nSPS) is 13.3. The minimum absolute atomic E-state index is 0.0743.